The van der Waals surface area contributed by atoms with E-state index in [0.717, 1.165) is 16.3 Å². The van der Waals surface area contributed by atoms with E-state index in [-0.39, 0.29) is 0 Å². The van der Waals surface area contributed by atoms with Crippen molar-refractivity contribution < 1.29 is 4.79 Å². The maximum atomic E-state index is 10.7. The number of aromatic nitrogens is 1. The fourth-order valence-corrected chi connectivity index (χ4v) is 1.54. The third-order valence-electron chi connectivity index (χ3n) is 2.28. The van der Waals surface area contributed by atoms with Crippen molar-refractivity contribution in [1.82, 2.24) is 4.98 Å². The van der Waals surface area contributed by atoms with E-state index >= 15 is 0 Å². The van der Waals surface area contributed by atoms with Gasteiger partial charge in [-0.3, -0.25) is 4.79 Å². The Morgan fingerprint density at radius 2 is 1.94 bits per heavy atom. The largest absolute Gasteiger partial charge is 0.383 e. The molecule has 0 saturated carbocycles. The Labute approximate surface area is 92.6 Å². The Kier molecular flexibility index (Phi) is 2.55. The molecule has 16 heavy (non-hydrogen) atoms. The Morgan fingerprint density at radius 1 is 1.25 bits per heavy atom. The molecule has 0 fully saturated rings. The number of primary amides is 1. The molecule has 2 rings (SSSR count). The molecule has 4 N–H and O–H groups in total. The van der Waals surface area contributed by atoms with E-state index in [2.05, 4.69) is 4.98 Å². The molecule has 80 valence electrons. The molecule has 1 amide bonds. The fourth-order valence-electron chi connectivity index (χ4n) is 1.54. The molecule has 0 aliphatic rings. The molecule has 4 heteroatoms. The third-order valence-corrected chi connectivity index (χ3v) is 2.28. The fraction of sp³-hybridized carbons (Fsp3) is 0. The Morgan fingerprint density at radius 3 is 2.62 bits per heavy atom. The van der Waals surface area contributed by atoms with E-state index in [0.29, 0.717) is 5.82 Å². The van der Waals surface area contributed by atoms with Crippen LogP contribution in [0.5, 0.6) is 0 Å². The number of anilines is 1. The van der Waals surface area contributed by atoms with Crippen molar-refractivity contribution in [2.45, 2.75) is 0 Å². The first-order valence-corrected chi connectivity index (χ1v) is 4.79. The predicted molar refractivity (Wildman–Crippen MR) is 64.4 cm³/mol. The summed E-state index contributed by atoms with van der Waals surface area (Å²) in [6.07, 6.45) is 4.56. The van der Waals surface area contributed by atoms with Crippen LogP contribution in [-0.2, 0) is 4.79 Å². The highest BCUT2D eigenvalue weighted by atomic mass is 16.1. The van der Waals surface area contributed by atoms with Crippen molar-refractivity contribution >= 4 is 28.6 Å². The molecule has 1 aromatic heterocycles. The van der Waals surface area contributed by atoms with E-state index in [1.165, 1.54) is 6.08 Å². The standard InChI is InChI=1S/C12H11N3O/c13-11(16)6-5-8-7-15-12(14)10-4-2-1-3-9(8)10/h1-7H,(H2,13,16)(H2,14,15). The van der Waals surface area contributed by atoms with Gasteiger partial charge in [-0.05, 0) is 11.5 Å². The van der Waals surface area contributed by atoms with Crippen LogP contribution in [0.4, 0.5) is 5.82 Å². The van der Waals surface area contributed by atoms with Crippen LogP contribution < -0.4 is 11.5 Å². The van der Waals surface area contributed by atoms with Gasteiger partial charge in [-0.1, -0.05) is 24.3 Å². The smallest absolute Gasteiger partial charge is 0.241 e. The first-order chi connectivity index (χ1) is 7.68. The second-order valence-electron chi connectivity index (χ2n) is 3.38. The Bertz CT molecular complexity index is 575. The van der Waals surface area contributed by atoms with Gasteiger partial charge in [0.25, 0.3) is 0 Å². The van der Waals surface area contributed by atoms with E-state index in [4.69, 9.17) is 11.5 Å². The van der Waals surface area contributed by atoms with Gasteiger partial charge >= 0.3 is 0 Å². The quantitative estimate of drug-likeness (QED) is 0.738. The molecular formula is C12H11N3O. The van der Waals surface area contributed by atoms with E-state index in [9.17, 15) is 4.79 Å². The average molecular weight is 213 g/mol. The lowest BCUT2D eigenvalue weighted by Crippen LogP contribution is -2.05. The number of nitrogen functional groups attached to an aromatic ring is 1. The van der Waals surface area contributed by atoms with E-state index in [1.807, 2.05) is 24.3 Å². The Balaban J connectivity index is 2.63. The molecule has 0 spiro atoms. The minimum Gasteiger partial charge on any atom is -0.383 e. The number of hydrogen-bond acceptors (Lipinski definition) is 3. The predicted octanol–water partition coefficient (Wildman–Crippen LogP) is 1.32. The molecule has 0 saturated heterocycles. The van der Waals surface area contributed by atoms with E-state index < -0.39 is 5.91 Å². The number of carbonyl (C=O) groups is 1. The summed E-state index contributed by atoms with van der Waals surface area (Å²) in [5, 5.41) is 1.82. The second kappa shape index (κ2) is 4.02. The van der Waals surface area contributed by atoms with Crippen LogP contribution in [0.1, 0.15) is 5.56 Å². The lowest BCUT2D eigenvalue weighted by Gasteiger charge is -2.03. The average Bonchev–Trinajstić information content (AvgIpc) is 2.28. The first kappa shape index (κ1) is 10.2. The molecule has 2 aromatic rings. The number of carbonyl (C=O) groups excluding carboxylic acids is 1. The summed E-state index contributed by atoms with van der Waals surface area (Å²) in [4.78, 5) is 14.7. The number of pyridine rings is 1. The monoisotopic (exact) mass is 213 g/mol. The highest BCUT2D eigenvalue weighted by Gasteiger charge is 2.02. The summed E-state index contributed by atoms with van der Waals surface area (Å²) in [5.74, 6) is -0.00673. The molecule has 4 nitrogen and oxygen atoms in total. The molecule has 0 bridgehead atoms. The second-order valence-corrected chi connectivity index (χ2v) is 3.38. The van der Waals surface area contributed by atoms with Gasteiger partial charge in [-0.25, -0.2) is 4.98 Å². The van der Waals surface area contributed by atoms with Gasteiger partial charge in [0.05, 0.1) is 0 Å². The van der Waals surface area contributed by atoms with Gasteiger partial charge in [0.2, 0.25) is 5.91 Å². The summed E-state index contributed by atoms with van der Waals surface area (Å²) in [5.41, 5.74) is 11.6. The lowest BCUT2D eigenvalue weighted by molar-refractivity contribution is -0.113. The van der Waals surface area contributed by atoms with Crippen molar-refractivity contribution in [2.75, 3.05) is 5.73 Å². The number of amides is 1. The van der Waals surface area contributed by atoms with Gasteiger partial charge in [0.15, 0.2) is 0 Å². The minimum atomic E-state index is -0.485. The molecule has 0 unspecified atom stereocenters. The number of fused-ring (bicyclic) bond motifs is 1. The van der Waals surface area contributed by atoms with Crippen LogP contribution in [0, 0.1) is 0 Å². The zero-order valence-electron chi connectivity index (χ0n) is 8.55. The van der Waals surface area contributed by atoms with Crippen molar-refractivity contribution in [3.8, 4) is 0 Å². The summed E-state index contributed by atoms with van der Waals surface area (Å²) < 4.78 is 0. The van der Waals surface area contributed by atoms with E-state index in [1.54, 1.807) is 12.3 Å². The number of nitrogens with two attached hydrogens (primary N) is 2. The molecule has 1 aromatic carbocycles. The van der Waals surface area contributed by atoms with Gasteiger partial charge in [-0.15, -0.1) is 0 Å². The van der Waals surface area contributed by atoms with Gasteiger partial charge in [-0.2, -0.15) is 0 Å². The van der Waals surface area contributed by atoms with Crippen LogP contribution in [0.3, 0.4) is 0 Å². The van der Waals surface area contributed by atoms with Crippen molar-refractivity contribution in [2.24, 2.45) is 5.73 Å². The highest BCUT2D eigenvalue weighted by Crippen LogP contribution is 2.22. The summed E-state index contributed by atoms with van der Waals surface area (Å²) in [6, 6.07) is 7.61. The highest BCUT2D eigenvalue weighted by molar-refractivity contribution is 5.99. The summed E-state index contributed by atoms with van der Waals surface area (Å²) in [6.45, 7) is 0. The van der Waals surface area contributed by atoms with Crippen LogP contribution in [0.15, 0.2) is 36.5 Å². The normalized spacial score (nSPS) is 11.0. The number of rotatable bonds is 2. The summed E-state index contributed by atoms with van der Waals surface area (Å²) in [7, 11) is 0. The van der Waals surface area contributed by atoms with Crippen LogP contribution in [-0.4, -0.2) is 10.9 Å². The van der Waals surface area contributed by atoms with Crippen molar-refractivity contribution in [1.29, 1.82) is 0 Å². The number of benzene rings is 1. The number of nitrogens with zero attached hydrogens (tertiary/aromatic N) is 1. The number of hydrogen-bond donors (Lipinski definition) is 2. The SMILES string of the molecule is NC(=O)C=Cc1cnc(N)c2ccccc12. The minimum absolute atomic E-state index is 0.479. The molecule has 1 heterocycles. The first-order valence-electron chi connectivity index (χ1n) is 4.79. The molecule has 0 atom stereocenters. The lowest BCUT2D eigenvalue weighted by atomic mass is 10.1. The van der Waals surface area contributed by atoms with Gasteiger partial charge in [0, 0.05) is 23.2 Å². The molecule has 0 radical (unpaired) electrons. The molecule has 0 aliphatic carbocycles. The third kappa shape index (κ3) is 1.86. The van der Waals surface area contributed by atoms with Gasteiger partial charge < -0.3 is 11.5 Å². The maximum absolute atomic E-state index is 10.7. The van der Waals surface area contributed by atoms with Gasteiger partial charge in [0.1, 0.15) is 5.82 Å². The zero-order valence-corrected chi connectivity index (χ0v) is 8.55. The summed E-state index contributed by atoms with van der Waals surface area (Å²) >= 11 is 0. The molecular weight excluding hydrogens is 202 g/mol. The maximum Gasteiger partial charge on any atom is 0.241 e. The van der Waals surface area contributed by atoms with Crippen LogP contribution >= 0.6 is 0 Å². The van der Waals surface area contributed by atoms with Crippen LogP contribution in [0.2, 0.25) is 0 Å². The Hall–Kier alpha value is -2.36. The zero-order chi connectivity index (χ0) is 11.5. The topological polar surface area (TPSA) is 82.0 Å². The van der Waals surface area contributed by atoms with Crippen molar-refractivity contribution in [3.05, 3.63) is 42.1 Å². The van der Waals surface area contributed by atoms with Crippen molar-refractivity contribution in [3.63, 3.8) is 0 Å². The van der Waals surface area contributed by atoms with Crippen LogP contribution in [0.25, 0.3) is 16.8 Å². The molecule has 0 aliphatic heterocycles.